The third-order valence-corrected chi connectivity index (χ3v) is 4.27. The minimum atomic E-state index is -0.0296. The molecule has 7 nitrogen and oxygen atoms in total. The standard InChI is InChI=1S/C18H20N6O.C2H6/c1-10-5-4-6-12-7-13(24(3)18(25)14(10)12)8-21-17-15(11(2)19)16(20)22-9-23-17;1-2/h4-7,9,19H,8H2,1-3H3,(H3,20,21,22,23);1-2H3. The average Bonchev–Trinajstić information content (AvgIpc) is 2.64. The van der Waals surface area contributed by atoms with Crippen molar-refractivity contribution >= 4 is 28.1 Å². The third kappa shape index (κ3) is 3.97. The smallest absolute Gasteiger partial charge is 0.258 e. The lowest BCUT2D eigenvalue weighted by Crippen LogP contribution is -2.23. The van der Waals surface area contributed by atoms with E-state index in [0.717, 1.165) is 22.0 Å². The Morgan fingerprint density at radius 1 is 1.30 bits per heavy atom. The number of nitrogens with two attached hydrogens (primary N) is 1. The molecule has 0 aliphatic heterocycles. The molecule has 4 N–H and O–H groups in total. The molecule has 0 spiro atoms. The molecule has 0 saturated carbocycles. The van der Waals surface area contributed by atoms with Crippen molar-refractivity contribution in [2.45, 2.75) is 34.2 Å². The predicted octanol–water partition coefficient (Wildman–Crippen LogP) is 3.25. The first-order chi connectivity index (χ1) is 12.9. The van der Waals surface area contributed by atoms with Crippen LogP contribution in [0, 0.1) is 12.3 Å². The summed E-state index contributed by atoms with van der Waals surface area (Å²) < 4.78 is 1.63. The first-order valence-electron chi connectivity index (χ1n) is 8.88. The van der Waals surface area contributed by atoms with Crippen molar-refractivity contribution in [1.82, 2.24) is 14.5 Å². The molecule has 0 unspecified atom stereocenters. The zero-order valence-electron chi connectivity index (χ0n) is 16.4. The maximum Gasteiger partial charge on any atom is 0.258 e. The van der Waals surface area contributed by atoms with E-state index in [1.165, 1.54) is 6.33 Å². The van der Waals surface area contributed by atoms with Gasteiger partial charge in [-0.05, 0) is 30.9 Å². The Labute approximate surface area is 158 Å². The number of hydrogen-bond donors (Lipinski definition) is 3. The topological polar surface area (TPSA) is 110 Å². The van der Waals surface area contributed by atoms with Gasteiger partial charge in [0.15, 0.2) is 0 Å². The van der Waals surface area contributed by atoms with Gasteiger partial charge < -0.3 is 21.0 Å². The van der Waals surface area contributed by atoms with Gasteiger partial charge >= 0.3 is 0 Å². The SMILES string of the molecule is CC.CC(=N)c1c(N)ncnc1NCc1cc2cccc(C)c2c(=O)n1C. The van der Waals surface area contributed by atoms with Crippen LogP contribution in [0.4, 0.5) is 11.6 Å². The van der Waals surface area contributed by atoms with E-state index in [0.29, 0.717) is 17.9 Å². The van der Waals surface area contributed by atoms with E-state index < -0.39 is 0 Å². The van der Waals surface area contributed by atoms with Gasteiger partial charge in [0.2, 0.25) is 0 Å². The summed E-state index contributed by atoms with van der Waals surface area (Å²) in [5.74, 6) is 0.741. The Balaban J connectivity index is 0.00000126. The lowest BCUT2D eigenvalue weighted by atomic mass is 10.1. The number of pyridine rings is 1. The van der Waals surface area contributed by atoms with Crippen LogP contribution in [-0.4, -0.2) is 20.2 Å². The van der Waals surface area contributed by atoms with Crippen LogP contribution >= 0.6 is 0 Å². The minimum absolute atomic E-state index is 0.0296. The summed E-state index contributed by atoms with van der Waals surface area (Å²) in [6.07, 6.45) is 1.35. The lowest BCUT2D eigenvalue weighted by Gasteiger charge is -2.15. The highest BCUT2D eigenvalue weighted by atomic mass is 16.1. The van der Waals surface area contributed by atoms with E-state index in [2.05, 4.69) is 15.3 Å². The molecular formula is C20H26N6O. The maximum absolute atomic E-state index is 12.7. The molecule has 27 heavy (non-hydrogen) atoms. The van der Waals surface area contributed by atoms with Gasteiger partial charge in [0.25, 0.3) is 5.56 Å². The third-order valence-electron chi connectivity index (χ3n) is 4.27. The molecule has 0 bridgehead atoms. The fraction of sp³-hybridized carbons (Fsp3) is 0.300. The molecule has 3 aromatic rings. The zero-order valence-corrected chi connectivity index (χ0v) is 16.4. The Hall–Kier alpha value is -3.22. The van der Waals surface area contributed by atoms with Crippen molar-refractivity contribution in [3.63, 3.8) is 0 Å². The van der Waals surface area contributed by atoms with Gasteiger partial charge in [-0.2, -0.15) is 0 Å². The number of aryl methyl sites for hydroxylation is 1. The van der Waals surface area contributed by atoms with Gasteiger partial charge in [-0.15, -0.1) is 0 Å². The van der Waals surface area contributed by atoms with Crippen LogP contribution in [-0.2, 0) is 13.6 Å². The Morgan fingerprint density at radius 2 is 2.00 bits per heavy atom. The summed E-state index contributed by atoms with van der Waals surface area (Å²) in [4.78, 5) is 20.8. The maximum atomic E-state index is 12.7. The highest BCUT2D eigenvalue weighted by Crippen LogP contribution is 2.20. The number of fused-ring (bicyclic) bond motifs is 1. The second-order valence-electron chi connectivity index (χ2n) is 6.00. The van der Waals surface area contributed by atoms with Crippen LogP contribution in [0.1, 0.15) is 37.6 Å². The molecule has 0 saturated heterocycles. The summed E-state index contributed by atoms with van der Waals surface area (Å²) >= 11 is 0. The molecule has 2 heterocycles. The van der Waals surface area contributed by atoms with E-state index in [-0.39, 0.29) is 17.1 Å². The van der Waals surface area contributed by atoms with Crippen molar-refractivity contribution < 1.29 is 0 Å². The van der Waals surface area contributed by atoms with Crippen molar-refractivity contribution in [1.29, 1.82) is 5.41 Å². The zero-order chi connectivity index (χ0) is 20.1. The van der Waals surface area contributed by atoms with Crippen molar-refractivity contribution in [2.24, 2.45) is 7.05 Å². The van der Waals surface area contributed by atoms with Gasteiger partial charge in [0.05, 0.1) is 17.5 Å². The van der Waals surface area contributed by atoms with Crippen molar-refractivity contribution in [3.8, 4) is 0 Å². The largest absolute Gasteiger partial charge is 0.383 e. The fourth-order valence-electron chi connectivity index (χ4n) is 2.92. The molecule has 0 aliphatic carbocycles. The van der Waals surface area contributed by atoms with Gasteiger partial charge in [0, 0.05) is 18.5 Å². The number of benzene rings is 1. The molecule has 1 aromatic carbocycles. The van der Waals surface area contributed by atoms with Gasteiger partial charge in [-0.25, -0.2) is 9.97 Å². The number of aromatic nitrogens is 3. The Kier molecular flexibility index (Phi) is 6.28. The van der Waals surface area contributed by atoms with Gasteiger partial charge in [-0.1, -0.05) is 32.0 Å². The van der Waals surface area contributed by atoms with Gasteiger partial charge in [0.1, 0.15) is 18.0 Å². The average molecular weight is 366 g/mol. The van der Waals surface area contributed by atoms with E-state index in [1.54, 1.807) is 18.5 Å². The molecule has 2 aromatic heterocycles. The predicted molar refractivity (Wildman–Crippen MR) is 112 cm³/mol. The number of anilines is 2. The van der Waals surface area contributed by atoms with E-state index in [4.69, 9.17) is 11.1 Å². The first kappa shape index (κ1) is 20.1. The van der Waals surface area contributed by atoms with E-state index >= 15 is 0 Å². The normalized spacial score (nSPS) is 10.3. The summed E-state index contributed by atoms with van der Waals surface area (Å²) in [7, 11) is 1.75. The van der Waals surface area contributed by atoms with Crippen LogP contribution < -0.4 is 16.6 Å². The summed E-state index contributed by atoms with van der Waals surface area (Å²) in [6.45, 7) is 7.95. The van der Waals surface area contributed by atoms with Crippen molar-refractivity contribution in [3.05, 3.63) is 57.8 Å². The fourth-order valence-corrected chi connectivity index (χ4v) is 2.92. The van der Waals surface area contributed by atoms with E-state index in [9.17, 15) is 4.79 Å². The molecule has 142 valence electrons. The lowest BCUT2D eigenvalue weighted by molar-refractivity contribution is 0.794. The monoisotopic (exact) mass is 366 g/mol. The van der Waals surface area contributed by atoms with Crippen LogP contribution in [0.5, 0.6) is 0 Å². The molecule has 0 aliphatic rings. The van der Waals surface area contributed by atoms with Gasteiger partial charge in [-0.3, -0.25) is 4.79 Å². The Morgan fingerprint density at radius 3 is 2.67 bits per heavy atom. The second kappa shape index (κ2) is 8.44. The number of rotatable bonds is 4. The molecular weight excluding hydrogens is 340 g/mol. The second-order valence-corrected chi connectivity index (χ2v) is 6.00. The first-order valence-corrected chi connectivity index (χ1v) is 8.88. The molecule has 7 heteroatoms. The molecule has 0 amide bonds. The van der Waals surface area contributed by atoms with Crippen LogP contribution in [0.25, 0.3) is 10.8 Å². The van der Waals surface area contributed by atoms with Crippen LogP contribution in [0.15, 0.2) is 35.4 Å². The highest BCUT2D eigenvalue weighted by molar-refractivity contribution is 6.04. The highest BCUT2D eigenvalue weighted by Gasteiger charge is 2.13. The number of nitrogens with one attached hydrogen (secondary N) is 2. The number of nitrogen functional groups attached to an aromatic ring is 1. The summed E-state index contributed by atoms with van der Waals surface area (Å²) in [5.41, 5.74) is 8.35. The van der Waals surface area contributed by atoms with Crippen LogP contribution in [0.3, 0.4) is 0 Å². The van der Waals surface area contributed by atoms with Crippen LogP contribution in [0.2, 0.25) is 0 Å². The van der Waals surface area contributed by atoms with Crippen molar-refractivity contribution in [2.75, 3.05) is 11.1 Å². The number of nitrogens with zero attached hydrogens (tertiary/aromatic N) is 3. The molecule has 3 rings (SSSR count). The summed E-state index contributed by atoms with van der Waals surface area (Å²) in [5, 5.41) is 12.7. The Bertz CT molecular complexity index is 1040. The molecule has 0 atom stereocenters. The molecule has 0 fully saturated rings. The number of hydrogen-bond acceptors (Lipinski definition) is 6. The molecule has 0 radical (unpaired) electrons. The quantitative estimate of drug-likeness (QED) is 0.614. The van der Waals surface area contributed by atoms with E-state index in [1.807, 2.05) is 45.0 Å². The minimum Gasteiger partial charge on any atom is -0.383 e. The summed E-state index contributed by atoms with van der Waals surface area (Å²) in [6, 6.07) is 7.79.